The molecule has 2 aromatic rings. The predicted octanol–water partition coefficient (Wildman–Crippen LogP) is 7.32. The number of benzene rings is 1. The van der Waals surface area contributed by atoms with Crippen molar-refractivity contribution in [1.29, 1.82) is 0 Å². The first kappa shape index (κ1) is 25.7. The van der Waals surface area contributed by atoms with Crippen molar-refractivity contribution in [2.45, 2.75) is 65.4 Å². The summed E-state index contributed by atoms with van der Waals surface area (Å²) in [5.74, 6) is 0.202. The van der Waals surface area contributed by atoms with Gasteiger partial charge in [0.15, 0.2) is 0 Å². The zero-order chi connectivity index (χ0) is 24.7. The number of carbonyl (C=O) groups is 1. The standard InChI is InChI=1S/C28H34FNO2.C2H2/c1-19-26-20(8-5-4-6-15-28(2,3)17-25(26)27(31)32-19)11-13-24-14-12-22(18-30-24)21-9-7-10-23(29)16-21;1-2/h7,9-14,16,18-20,25-26H,4-6,8,15,17H2,1-3H3;1-2H/b13-11+;/t19-,20-,25-,26+;/m1./s1. The molecule has 2 fully saturated rings. The number of terminal acetylenes is 1. The van der Waals surface area contributed by atoms with Crippen LogP contribution in [0.3, 0.4) is 0 Å². The summed E-state index contributed by atoms with van der Waals surface area (Å²) in [6.07, 6.45) is 20.8. The molecule has 0 N–H and O–H groups in total. The van der Waals surface area contributed by atoms with E-state index in [0.29, 0.717) is 5.92 Å². The normalized spacial score (nSPS) is 26.7. The zero-order valence-electron chi connectivity index (χ0n) is 20.5. The van der Waals surface area contributed by atoms with Gasteiger partial charge in [-0.25, -0.2) is 4.39 Å². The minimum atomic E-state index is -0.248. The van der Waals surface area contributed by atoms with Crippen LogP contribution < -0.4 is 0 Å². The number of nitrogens with zero attached hydrogens (tertiary/aromatic N) is 1. The molecule has 1 aromatic carbocycles. The molecule has 4 atom stereocenters. The van der Waals surface area contributed by atoms with Crippen molar-refractivity contribution in [3.05, 3.63) is 60.2 Å². The second kappa shape index (κ2) is 11.5. The second-order valence-corrected chi connectivity index (χ2v) is 10.3. The Balaban J connectivity index is 0.00000158. The van der Waals surface area contributed by atoms with Crippen LogP contribution in [-0.2, 0) is 9.53 Å². The lowest BCUT2D eigenvalue weighted by Crippen LogP contribution is -2.31. The Morgan fingerprint density at radius 1 is 1.12 bits per heavy atom. The molecule has 0 radical (unpaired) electrons. The fourth-order valence-electron chi connectivity index (χ4n) is 5.54. The molecule has 2 aliphatic rings. The van der Waals surface area contributed by atoms with E-state index in [1.165, 1.54) is 37.8 Å². The summed E-state index contributed by atoms with van der Waals surface area (Å²) >= 11 is 0. The molecule has 0 unspecified atom stereocenters. The summed E-state index contributed by atoms with van der Waals surface area (Å²) in [6, 6.07) is 10.5. The molecule has 4 heteroatoms. The van der Waals surface area contributed by atoms with Gasteiger partial charge in [0.05, 0.1) is 11.6 Å². The first-order valence-corrected chi connectivity index (χ1v) is 12.3. The van der Waals surface area contributed by atoms with Crippen LogP contribution in [0, 0.1) is 41.8 Å². The highest BCUT2D eigenvalue weighted by molar-refractivity contribution is 5.75. The number of allylic oxidation sites excluding steroid dienone is 1. The van der Waals surface area contributed by atoms with Gasteiger partial charge in [-0.3, -0.25) is 9.78 Å². The van der Waals surface area contributed by atoms with Gasteiger partial charge < -0.3 is 4.74 Å². The number of halogens is 1. The van der Waals surface area contributed by atoms with Crippen molar-refractivity contribution in [2.24, 2.45) is 23.2 Å². The number of cyclic esters (lactones) is 1. The van der Waals surface area contributed by atoms with Crippen LogP contribution in [0.2, 0.25) is 0 Å². The number of pyridine rings is 1. The van der Waals surface area contributed by atoms with Crippen LogP contribution in [0.4, 0.5) is 4.39 Å². The van der Waals surface area contributed by atoms with Gasteiger partial charge in [-0.15, -0.1) is 12.8 Å². The third-order valence-electron chi connectivity index (χ3n) is 7.23. The van der Waals surface area contributed by atoms with E-state index < -0.39 is 0 Å². The number of fused-ring (bicyclic) bond motifs is 1. The first-order valence-electron chi connectivity index (χ1n) is 12.3. The van der Waals surface area contributed by atoms with Crippen molar-refractivity contribution < 1.29 is 13.9 Å². The van der Waals surface area contributed by atoms with Gasteiger partial charge >= 0.3 is 5.97 Å². The molecule has 1 aliphatic carbocycles. The third-order valence-corrected chi connectivity index (χ3v) is 7.23. The maximum atomic E-state index is 13.5. The lowest BCUT2D eigenvalue weighted by Gasteiger charge is -2.33. The van der Waals surface area contributed by atoms with Gasteiger partial charge in [0.25, 0.3) is 0 Å². The Bertz CT molecular complexity index is 1010. The molecule has 180 valence electrons. The van der Waals surface area contributed by atoms with E-state index in [4.69, 9.17) is 4.74 Å². The van der Waals surface area contributed by atoms with E-state index >= 15 is 0 Å². The van der Waals surface area contributed by atoms with Crippen LogP contribution in [-0.4, -0.2) is 17.1 Å². The maximum absolute atomic E-state index is 13.5. The minimum Gasteiger partial charge on any atom is -0.462 e. The average Bonchev–Trinajstić information content (AvgIpc) is 3.09. The quantitative estimate of drug-likeness (QED) is 0.355. The average molecular weight is 462 g/mol. The number of esters is 1. The van der Waals surface area contributed by atoms with Gasteiger partial charge in [0.1, 0.15) is 11.9 Å². The number of ether oxygens (including phenoxy) is 1. The Hall–Kier alpha value is -2.93. The lowest BCUT2D eigenvalue weighted by molar-refractivity contribution is -0.144. The van der Waals surface area contributed by atoms with E-state index in [9.17, 15) is 9.18 Å². The van der Waals surface area contributed by atoms with Crippen LogP contribution in [0.15, 0.2) is 48.7 Å². The monoisotopic (exact) mass is 461 g/mol. The Kier molecular flexibility index (Phi) is 8.67. The molecule has 0 spiro atoms. The fraction of sp³-hybridized carbons (Fsp3) is 0.467. The van der Waals surface area contributed by atoms with Crippen molar-refractivity contribution in [3.63, 3.8) is 0 Å². The zero-order valence-corrected chi connectivity index (χ0v) is 20.5. The van der Waals surface area contributed by atoms with E-state index in [2.05, 4.69) is 43.8 Å². The number of aromatic nitrogens is 1. The molecule has 1 aliphatic heterocycles. The largest absolute Gasteiger partial charge is 0.462 e. The fourth-order valence-corrected chi connectivity index (χ4v) is 5.54. The van der Waals surface area contributed by atoms with Crippen LogP contribution in [0.5, 0.6) is 0 Å². The van der Waals surface area contributed by atoms with Crippen molar-refractivity contribution in [1.82, 2.24) is 4.98 Å². The molecule has 3 nitrogen and oxygen atoms in total. The number of hydrogen-bond acceptors (Lipinski definition) is 3. The summed E-state index contributed by atoms with van der Waals surface area (Å²) in [5.41, 5.74) is 2.75. The Morgan fingerprint density at radius 2 is 1.91 bits per heavy atom. The SMILES string of the molecule is C#C.C[C@H]1OC(=O)[C@@H]2CC(C)(C)CCCCC[C@H](/C=C/c3ccc(-c4cccc(F)c4)cn3)[C@H]12. The number of rotatable bonds is 3. The van der Waals surface area contributed by atoms with Crippen LogP contribution >= 0.6 is 0 Å². The van der Waals surface area contributed by atoms with Crippen molar-refractivity contribution in [2.75, 3.05) is 0 Å². The predicted molar refractivity (Wildman–Crippen MR) is 136 cm³/mol. The molecule has 1 saturated carbocycles. The highest BCUT2D eigenvalue weighted by atomic mass is 19.1. The highest BCUT2D eigenvalue weighted by Gasteiger charge is 2.47. The summed E-state index contributed by atoms with van der Waals surface area (Å²) in [4.78, 5) is 17.3. The van der Waals surface area contributed by atoms with Gasteiger partial charge in [-0.1, -0.05) is 57.4 Å². The number of carbonyl (C=O) groups excluding carboxylic acids is 1. The van der Waals surface area contributed by atoms with E-state index in [-0.39, 0.29) is 35.1 Å². The molecule has 0 amide bonds. The molecule has 34 heavy (non-hydrogen) atoms. The van der Waals surface area contributed by atoms with Gasteiger partial charge in [-0.2, -0.15) is 0 Å². The summed E-state index contributed by atoms with van der Waals surface area (Å²) in [7, 11) is 0. The minimum absolute atomic E-state index is 0.0212. The molecular formula is C30H36FNO2. The van der Waals surface area contributed by atoms with Gasteiger partial charge in [0, 0.05) is 17.7 Å². The third kappa shape index (κ3) is 6.35. The second-order valence-electron chi connectivity index (χ2n) is 10.3. The Labute approximate surface area is 203 Å². The molecule has 1 aromatic heterocycles. The Morgan fingerprint density at radius 3 is 2.62 bits per heavy atom. The lowest BCUT2D eigenvalue weighted by atomic mass is 9.69. The van der Waals surface area contributed by atoms with Crippen LogP contribution in [0.1, 0.15) is 65.0 Å². The molecule has 4 rings (SSSR count). The maximum Gasteiger partial charge on any atom is 0.309 e. The van der Waals surface area contributed by atoms with Crippen molar-refractivity contribution in [3.8, 4) is 24.0 Å². The van der Waals surface area contributed by atoms with Gasteiger partial charge in [0.2, 0.25) is 0 Å². The summed E-state index contributed by atoms with van der Waals surface area (Å²) < 4.78 is 19.3. The van der Waals surface area contributed by atoms with Crippen molar-refractivity contribution >= 4 is 12.0 Å². The van der Waals surface area contributed by atoms with E-state index in [1.807, 2.05) is 25.1 Å². The van der Waals surface area contributed by atoms with E-state index in [0.717, 1.165) is 29.7 Å². The molecule has 2 heterocycles. The highest BCUT2D eigenvalue weighted by Crippen LogP contribution is 2.45. The smallest absolute Gasteiger partial charge is 0.309 e. The topological polar surface area (TPSA) is 39.2 Å². The molecular weight excluding hydrogens is 425 g/mol. The molecule has 1 saturated heterocycles. The first-order chi connectivity index (χ1) is 16.3. The summed E-state index contributed by atoms with van der Waals surface area (Å²) in [6.45, 7) is 6.63. The van der Waals surface area contributed by atoms with E-state index in [1.54, 1.807) is 12.3 Å². The summed E-state index contributed by atoms with van der Waals surface area (Å²) in [5, 5.41) is 0. The van der Waals surface area contributed by atoms with Crippen LogP contribution in [0.25, 0.3) is 17.2 Å². The number of hydrogen-bond donors (Lipinski definition) is 0. The molecule has 0 bridgehead atoms. The van der Waals surface area contributed by atoms with Gasteiger partial charge in [-0.05, 0) is 67.4 Å².